The predicted molar refractivity (Wildman–Crippen MR) is 54.5 cm³/mol. The molecule has 0 nitrogen and oxygen atoms in total. The summed E-state index contributed by atoms with van der Waals surface area (Å²) in [5, 5.41) is 1.20. The fraction of sp³-hybridized carbons (Fsp3) is 0.333. The summed E-state index contributed by atoms with van der Waals surface area (Å²) in [7, 11) is 5.94. The first-order chi connectivity index (χ1) is 4.20. The monoisotopic (exact) mass is 370 g/mol. The molecule has 0 aliphatic carbocycles. The van der Waals surface area contributed by atoms with E-state index < -0.39 is 0 Å². The molecule has 0 aliphatic heterocycles. The van der Waals surface area contributed by atoms with Crippen LogP contribution < -0.4 is 0 Å². The Balaban J connectivity index is 0. The molecule has 0 rings (SSSR count). The van der Waals surface area contributed by atoms with Gasteiger partial charge in [0.1, 0.15) is 0 Å². The van der Waals surface area contributed by atoms with Gasteiger partial charge < -0.3 is 0 Å². The van der Waals surface area contributed by atoms with Gasteiger partial charge in [-0.25, -0.2) is 0 Å². The van der Waals surface area contributed by atoms with Gasteiger partial charge in [0.2, 0.25) is 0 Å². The zero-order chi connectivity index (χ0) is 7.28. The second-order valence-electron chi connectivity index (χ2n) is 1.82. The Morgan fingerprint density at radius 2 is 1.40 bits per heavy atom. The number of rotatable bonds is 4. The van der Waals surface area contributed by atoms with Gasteiger partial charge in [0.15, 0.2) is 0 Å². The zero-order valence-corrected chi connectivity index (χ0v) is 11.5. The Kier molecular flexibility index (Phi) is 11.5. The summed E-state index contributed by atoms with van der Waals surface area (Å²) in [6.45, 7) is 7.41. The molecule has 1 radical (unpaired) electrons. The molecule has 0 spiro atoms. The van der Waals surface area contributed by atoms with E-state index in [1.165, 1.54) is 0 Å². The Morgan fingerprint density at radius 1 is 1.10 bits per heavy atom. The normalized spacial score (nSPS) is 14.6. The largest absolute Gasteiger partial charge is 0.134 e. The molecule has 0 bridgehead atoms. The van der Waals surface area contributed by atoms with Crippen LogP contribution >= 0.6 is 18.5 Å². The first-order valence-corrected chi connectivity index (χ1v) is 5.48. The summed E-state index contributed by atoms with van der Waals surface area (Å²) in [5.41, 5.74) is 0. The predicted octanol–water partition coefficient (Wildman–Crippen LogP) is 1.19. The molecule has 0 amide bonds. The molecule has 4 atom stereocenters. The SMILES string of the molecule is C=CC(P)[SiH]C(P)C=C.[Pt]. The van der Waals surface area contributed by atoms with Gasteiger partial charge in [-0.3, -0.25) is 0 Å². The summed E-state index contributed by atoms with van der Waals surface area (Å²) in [6.07, 6.45) is 3.95. The third-order valence-corrected chi connectivity index (χ3v) is 4.30. The molecular weight excluding hydrogens is 357 g/mol. The van der Waals surface area contributed by atoms with Crippen LogP contribution in [0.2, 0.25) is 0 Å². The summed E-state index contributed by atoms with van der Waals surface area (Å²) < 4.78 is 0. The molecule has 10 heavy (non-hydrogen) atoms. The van der Waals surface area contributed by atoms with E-state index in [0.29, 0.717) is 20.1 Å². The standard InChI is InChI=1S/C6H13P2Si.Pt/c1-3-5(7)9-6(8)4-2;/h3-6,9H,1-2,7-8H2;. The number of allylic oxidation sites excluding steroid dienone is 2. The topological polar surface area (TPSA) is 0 Å². The molecule has 0 N–H and O–H groups in total. The van der Waals surface area contributed by atoms with Gasteiger partial charge in [0.25, 0.3) is 0 Å². The molecule has 0 fully saturated rings. The average molecular weight is 370 g/mol. The third-order valence-electron chi connectivity index (χ3n) is 0.989. The number of hydrogen-bond donors (Lipinski definition) is 0. The van der Waals surface area contributed by atoms with Crippen LogP contribution in [0.5, 0.6) is 0 Å². The van der Waals surface area contributed by atoms with Gasteiger partial charge in [-0.1, -0.05) is 12.2 Å². The van der Waals surface area contributed by atoms with E-state index in [1.807, 2.05) is 12.2 Å². The number of hydrogen-bond acceptors (Lipinski definition) is 0. The summed E-state index contributed by atoms with van der Waals surface area (Å²) in [5.74, 6) is 0. The Morgan fingerprint density at radius 3 is 1.60 bits per heavy atom. The van der Waals surface area contributed by atoms with Gasteiger partial charge in [-0.2, -0.15) is 0 Å². The summed E-state index contributed by atoms with van der Waals surface area (Å²) in [6, 6.07) is 0. The van der Waals surface area contributed by atoms with E-state index in [1.54, 1.807) is 0 Å². The molecule has 61 valence electrons. The van der Waals surface area contributed by atoms with Gasteiger partial charge in [-0.05, 0) is 10.6 Å². The van der Waals surface area contributed by atoms with Crippen LogP contribution in [-0.2, 0) is 21.1 Å². The van der Waals surface area contributed by atoms with Gasteiger partial charge in [-0.15, -0.1) is 31.6 Å². The van der Waals surface area contributed by atoms with Crippen LogP contribution in [0.1, 0.15) is 0 Å². The van der Waals surface area contributed by atoms with Crippen molar-refractivity contribution in [2.24, 2.45) is 0 Å². The maximum Gasteiger partial charge on any atom is 0.0545 e. The third kappa shape index (κ3) is 7.35. The molecule has 4 heteroatoms. The minimum atomic E-state index is 0. The van der Waals surface area contributed by atoms with Crippen LogP contribution in [0.3, 0.4) is 0 Å². The van der Waals surface area contributed by atoms with Crippen molar-refractivity contribution in [1.29, 1.82) is 0 Å². The van der Waals surface area contributed by atoms with Crippen molar-refractivity contribution < 1.29 is 21.1 Å². The molecule has 0 aromatic carbocycles. The Hall–Kier alpha value is 1.25. The van der Waals surface area contributed by atoms with E-state index >= 15 is 0 Å². The average Bonchev–Trinajstić information content (AvgIpc) is 1.87. The molecule has 0 heterocycles. The smallest absolute Gasteiger partial charge is 0.0545 e. The van der Waals surface area contributed by atoms with Gasteiger partial charge >= 0.3 is 0 Å². The minimum Gasteiger partial charge on any atom is -0.134 e. The fourth-order valence-corrected chi connectivity index (χ4v) is 3.55. The van der Waals surface area contributed by atoms with E-state index in [0.717, 1.165) is 0 Å². The van der Waals surface area contributed by atoms with Gasteiger partial charge in [0.05, 0.1) is 9.52 Å². The maximum absolute atomic E-state index is 3.70. The first kappa shape index (κ1) is 13.8. The fourth-order valence-electron chi connectivity index (χ4n) is 0.414. The van der Waals surface area contributed by atoms with Crippen LogP contribution in [0, 0.1) is 0 Å². The van der Waals surface area contributed by atoms with E-state index in [9.17, 15) is 0 Å². The van der Waals surface area contributed by atoms with E-state index in [2.05, 4.69) is 31.6 Å². The molecular formula is C6H13P2PtSi. The quantitative estimate of drug-likeness (QED) is 0.396. The molecule has 0 aliphatic rings. The second-order valence-corrected chi connectivity index (χ2v) is 6.82. The van der Waals surface area contributed by atoms with Crippen molar-refractivity contribution in [3.8, 4) is 0 Å². The summed E-state index contributed by atoms with van der Waals surface area (Å²) >= 11 is 0. The molecule has 0 saturated carbocycles. The molecule has 0 aromatic heterocycles. The zero-order valence-electron chi connectivity index (χ0n) is 5.77. The minimum absolute atomic E-state index is 0. The first-order valence-electron chi connectivity index (χ1n) is 2.82. The maximum atomic E-state index is 3.70. The van der Waals surface area contributed by atoms with Crippen LogP contribution in [0.15, 0.2) is 25.3 Å². The van der Waals surface area contributed by atoms with Crippen molar-refractivity contribution in [1.82, 2.24) is 0 Å². The molecule has 0 saturated heterocycles. The molecule has 0 aromatic rings. The second kappa shape index (κ2) is 8.34. The van der Waals surface area contributed by atoms with E-state index in [4.69, 9.17) is 0 Å². The van der Waals surface area contributed by atoms with E-state index in [-0.39, 0.29) is 21.1 Å². The van der Waals surface area contributed by atoms with Crippen molar-refractivity contribution in [3.05, 3.63) is 25.3 Å². The van der Waals surface area contributed by atoms with Crippen LogP contribution in [-0.4, -0.2) is 20.1 Å². The van der Waals surface area contributed by atoms with Crippen LogP contribution in [0.25, 0.3) is 0 Å². The summed E-state index contributed by atoms with van der Waals surface area (Å²) in [4.78, 5) is 0. The van der Waals surface area contributed by atoms with Crippen molar-refractivity contribution >= 4 is 28.0 Å². The molecule has 4 unspecified atom stereocenters. The van der Waals surface area contributed by atoms with Crippen LogP contribution in [0.4, 0.5) is 0 Å². The van der Waals surface area contributed by atoms with Gasteiger partial charge in [0, 0.05) is 21.1 Å². The Labute approximate surface area is 84.8 Å². The van der Waals surface area contributed by atoms with Crippen molar-refractivity contribution in [3.63, 3.8) is 0 Å². The van der Waals surface area contributed by atoms with Crippen molar-refractivity contribution in [2.45, 2.75) is 10.6 Å². The Bertz CT molecular complexity index is 95.9. The van der Waals surface area contributed by atoms with Crippen molar-refractivity contribution in [2.75, 3.05) is 0 Å².